The van der Waals surface area contributed by atoms with Crippen molar-refractivity contribution >= 4 is 5.91 Å². The highest BCUT2D eigenvalue weighted by atomic mass is 16.1. The summed E-state index contributed by atoms with van der Waals surface area (Å²) in [4.78, 5) is 10.7. The van der Waals surface area contributed by atoms with Gasteiger partial charge in [-0.05, 0) is 18.3 Å². The molecule has 11 heavy (non-hydrogen) atoms. The number of rotatable bonds is 4. The van der Waals surface area contributed by atoms with Gasteiger partial charge in [-0.3, -0.25) is 4.79 Å². The minimum atomic E-state index is -0.349. The summed E-state index contributed by atoms with van der Waals surface area (Å²) < 4.78 is 0. The minimum Gasteiger partial charge on any atom is -0.366 e. The second-order valence-electron chi connectivity index (χ2n) is 3.47. The summed E-state index contributed by atoms with van der Waals surface area (Å²) in [6, 6.07) is 0. The lowest BCUT2D eigenvalue weighted by molar-refractivity contribution is -0.115. The maximum absolute atomic E-state index is 10.7. The minimum absolute atomic E-state index is 0.278. The Morgan fingerprint density at radius 2 is 2.27 bits per heavy atom. The third-order valence-electron chi connectivity index (χ3n) is 2.30. The third-order valence-corrected chi connectivity index (χ3v) is 2.30. The van der Waals surface area contributed by atoms with Crippen LogP contribution in [0.2, 0.25) is 0 Å². The molecule has 2 heteroatoms. The van der Waals surface area contributed by atoms with E-state index in [2.05, 4.69) is 6.58 Å². The first-order valence-electron chi connectivity index (χ1n) is 4.10. The fourth-order valence-electron chi connectivity index (χ4n) is 1.24. The van der Waals surface area contributed by atoms with Crippen LogP contribution in [0, 0.1) is 11.8 Å². The van der Waals surface area contributed by atoms with Crippen molar-refractivity contribution in [2.45, 2.75) is 26.2 Å². The molecule has 1 aliphatic rings. The highest BCUT2D eigenvalue weighted by molar-refractivity contribution is 5.91. The molecule has 0 spiro atoms. The SMILES string of the molecule is C=C(C(N)=O)C(C)CC1CC1. The molecule has 2 N–H and O–H groups in total. The van der Waals surface area contributed by atoms with E-state index in [0.29, 0.717) is 5.57 Å². The molecule has 0 bridgehead atoms. The van der Waals surface area contributed by atoms with Crippen molar-refractivity contribution in [1.82, 2.24) is 0 Å². The number of hydrogen-bond donors (Lipinski definition) is 1. The van der Waals surface area contributed by atoms with Crippen LogP contribution in [0.15, 0.2) is 12.2 Å². The van der Waals surface area contributed by atoms with E-state index in [9.17, 15) is 4.79 Å². The van der Waals surface area contributed by atoms with Crippen molar-refractivity contribution in [3.8, 4) is 0 Å². The molecule has 62 valence electrons. The summed E-state index contributed by atoms with van der Waals surface area (Å²) in [5, 5.41) is 0. The van der Waals surface area contributed by atoms with Crippen molar-refractivity contribution in [2.24, 2.45) is 17.6 Å². The molecule has 1 fully saturated rings. The van der Waals surface area contributed by atoms with E-state index in [1.807, 2.05) is 6.92 Å². The van der Waals surface area contributed by atoms with Gasteiger partial charge < -0.3 is 5.73 Å². The van der Waals surface area contributed by atoms with Crippen LogP contribution in [0.4, 0.5) is 0 Å². The van der Waals surface area contributed by atoms with Gasteiger partial charge in [0.15, 0.2) is 0 Å². The van der Waals surface area contributed by atoms with Gasteiger partial charge in [0, 0.05) is 5.57 Å². The second kappa shape index (κ2) is 3.07. The molecule has 0 aromatic heterocycles. The van der Waals surface area contributed by atoms with E-state index in [1.54, 1.807) is 0 Å². The number of nitrogens with two attached hydrogens (primary N) is 1. The molecule has 2 nitrogen and oxygen atoms in total. The van der Waals surface area contributed by atoms with E-state index >= 15 is 0 Å². The molecule has 0 heterocycles. The lowest BCUT2D eigenvalue weighted by Crippen LogP contribution is -2.18. The molecule has 0 radical (unpaired) electrons. The molecule has 1 rings (SSSR count). The van der Waals surface area contributed by atoms with Gasteiger partial charge in [-0.2, -0.15) is 0 Å². The summed E-state index contributed by atoms with van der Waals surface area (Å²) >= 11 is 0. The van der Waals surface area contributed by atoms with Gasteiger partial charge in [0.2, 0.25) is 5.91 Å². The van der Waals surface area contributed by atoms with Gasteiger partial charge in [-0.15, -0.1) is 0 Å². The predicted molar refractivity (Wildman–Crippen MR) is 44.8 cm³/mol. The zero-order chi connectivity index (χ0) is 8.43. The van der Waals surface area contributed by atoms with Crippen molar-refractivity contribution in [2.75, 3.05) is 0 Å². The average Bonchev–Trinajstić information content (AvgIpc) is 2.69. The smallest absolute Gasteiger partial charge is 0.244 e. The first-order chi connectivity index (χ1) is 5.11. The predicted octanol–water partition coefficient (Wildman–Crippen LogP) is 1.46. The number of amides is 1. The van der Waals surface area contributed by atoms with E-state index in [-0.39, 0.29) is 11.8 Å². The lowest BCUT2D eigenvalue weighted by Gasteiger charge is -2.09. The summed E-state index contributed by atoms with van der Waals surface area (Å²) in [6.07, 6.45) is 3.72. The topological polar surface area (TPSA) is 43.1 Å². The van der Waals surface area contributed by atoms with Crippen molar-refractivity contribution in [3.05, 3.63) is 12.2 Å². The first-order valence-corrected chi connectivity index (χ1v) is 4.10. The summed E-state index contributed by atoms with van der Waals surface area (Å²) in [5.41, 5.74) is 5.68. The number of primary amides is 1. The molecule has 1 aliphatic carbocycles. The molecular weight excluding hydrogens is 138 g/mol. The van der Waals surface area contributed by atoms with Crippen LogP contribution in [0.25, 0.3) is 0 Å². The largest absolute Gasteiger partial charge is 0.366 e. The van der Waals surface area contributed by atoms with Crippen LogP contribution in [0.5, 0.6) is 0 Å². The van der Waals surface area contributed by atoms with Crippen LogP contribution in [0.3, 0.4) is 0 Å². The molecule has 0 aromatic carbocycles. The van der Waals surface area contributed by atoms with Gasteiger partial charge in [0.1, 0.15) is 0 Å². The Kier molecular flexibility index (Phi) is 2.32. The number of hydrogen-bond acceptors (Lipinski definition) is 1. The molecule has 1 amide bonds. The van der Waals surface area contributed by atoms with E-state index in [4.69, 9.17) is 5.73 Å². The monoisotopic (exact) mass is 153 g/mol. The highest BCUT2D eigenvalue weighted by Gasteiger charge is 2.25. The van der Waals surface area contributed by atoms with Gasteiger partial charge in [0.05, 0.1) is 0 Å². The number of carbonyl (C=O) groups excluding carboxylic acids is 1. The van der Waals surface area contributed by atoms with Crippen molar-refractivity contribution in [3.63, 3.8) is 0 Å². The maximum atomic E-state index is 10.7. The van der Waals surface area contributed by atoms with Crippen molar-refractivity contribution in [1.29, 1.82) is 0 Å². The third kappa shape index (κ3) is 2.37. The molecule has 0 saturated heterocycles. The zero-order valence-corrected chi connectivity index (χ0v) is 6.97. The van der Waals surface area contributed by atoms with E-state index < -0.39 is 0 Å². The Labute approximate surface area is 67.5 Å². The van der Waals surface area contributed by atoms with Crippen LogP contribution < -0.4 is 5.73 Å². The zero-order valence-electron chi connectivity index (χ0n) is 6.97. The van der Waals surface area contributed by atoms with Crippen LogP contribution >= 0.6 is 0 Å². The molecule has 1 unspecified atom stereocenters. The van der Waals surface area contributed by atoms with Gasteiger partial charge in [-0.25, -0.2) is 0 Å². The number of carbonyl (C=O) groups is 1. The molecular formula is C9H15NO. The Hall–Kier alpha value is -0.790. The molecule has 0 aromatic rings. The highest BCUT2D eigenvalue weighted by Crippen LogP contribution is 2.36. The molecule has 1 saturated carbocycles. The summed E-state index contributed by atoms with van der Waals surface area (Å²) in [5.74, 6) is 0.763. The van der Waals surface area contributed by atoms with E-state index in [0.717, 1.165) is 12.3 Å². The second-order valence-corrected chi connectivity index (χ2v) is 3.47. The first kappa shape index (κ1) is 8.31. The van der Waals surface area contributed by atoms with Crippen LogP contribution in [0.1, 0.15) is 26.2 Å². The Balaban J connectivity index is 2.32. The van der Waals surface area contributed by atoms with Gasteiger partial charge in [0.25, 0.3) is 0 Å². The Morgan fingerprint density at radius 1 is 1.73 bits per heavy atom. The quantitative estimate of drug-likeness (QED) is 0.610. The van der Waals surface area contributed by atoms with Crippen LogP contribution in [-0.2, 0) is 4.79 Å². The Bertz CT molecular complexity index is 182. The molecule has 1 atom stereocenters. The average molecular weight is 153 g/mol. The summed E-state index contributed by atoms with van der Waals surface area (Å²) in [6.45, 7) is 5.68. The van der Waals surface area contributed by atoms with Gasteiger partial charge >= 0.3 is 0 Å². The van der Waals surface area contributed by atoms with Crippen LogP contribution in [-0.4, -0.2) is 5.91 Å². The normalized spacial score (nSPS) is 19.4. The lowest BCUT2D eigenvalue weighted by atomic mass is 9.96. The fraction of sp³-hybridized carbons (Fsp3) is 0.667. The molecule has 0 aliphatic heterocycles. The maximum Gasteiger partial charge on any atom is 0.244 e. The van der Waals surface area contributed by atoms with Gasteiger partial charge in [-0.1, -0.05) is 26.3 Å². The van der Waals surface area contributed by atoms with E-state index in [1.165, 1.54) is 12.8 Å². The Morgan fingerprint density at radius 3 is 2.64 bits per heavy atom. The standard InChI is InChI=1S/C9H15NO/c1-6(5-8-3-4-8)7(2)9(10)11/h6,8H,2-5H2,1H3,(H2,10,11). The summed E-state index contributed by atoms with van der Waals surface area (Å²) in [7, 11) is 0. The fourth-order valence-corrected chi connectivity index (χ4v) is 1.24. The van der Waals surface area contributed by atoms with Crippen molar-refractivity contribution < 1.29 is 4.79 Å².